The second-order valence-corrected chi connectivity index (χ2v) is 8.37. The first-order valence-electron chi connectivity index (χ1n) is 8.35. The zero-order valence-electron chi connectivity index (χ0n) is 13.8. The minimum absolute atomic E-state index is 0.0314. The van der Waals surface area contributed by atoms with Gasteiger partial charge in [0.2, 0.25) is 5.91 Å². The van der Waals surface area contributed by atoms with Crippen molar-refractivity contribution in [1.29, 1.82) is 0 Å². The molecule has 2 heterocycles. The number of carbonyl (C=O) groups excluding carboxylic acids is 1. The molecular weight excluding hydrogens is 338 g/mol. The molecule has 24 heavy (non-hydrogen) atoms. The molecule has 1 aliphatic carbocycles. The molecule has 0 aliphatic heterocycles. The van der Waals surface area contributed by atoms with Crippen molar-refractivity contribution in [3.8, 4) is 0 Å². The van der Waals surface area contributed by atoms with E-state index in [1.54, 1.807) is 35.7 Å². The molecule has 2 aromatic heterocycles. The molecule has 0 spiro atoms. The largest absolute Gasteiger partial charge is 0.388 e. The average Bonchev–Trinajstić information content (AvgIpc) is 3.32. The summed E-state index contributed by atoms with van der Waals surface area (Å²) < 4.78 is 0. The second-order valence-electron chi connectivity index (χ2n) is 6.47. The molecule has 2 N–H and O–H groups in total. The lowest BCUT2D eigenvalue weighted by molar-refractivity contribution is -0.116. The van der Waals surface area contributed by atoms with Gasteiger partial charge >= 0.3 is 0 Å². The summed E-state index contributed by atoms with van der Waals surface area (Å²) in [6.45, 7) is 2.47. The van der Waals surface area contributed by atoms with Gasteiger partial charge in [0.15, 0.2) is 0 Å². The predicted molar refractivity (Wildman–Crippen MR) is 101 cm³/mol. The maximum atomic E-state index is 12.2. The lowest BCUT2D eigenvalue weighted by atomic mass is 9.84. The SMILES string of the molecule is C[C@@H](O)c1ccc(C2(CNC(=O)/C=C/c3ccsc3)CCCC2)s1. The molecule has 0 saturated heterocycles. The maximum Gasteiger partial charge on any atom is 0.244 e. The minimum Gasteiger partial charge on any atom is -0.388 e. The van der Waals surface area contributed by atoms with Gasteiger partial charge in [-0.1, -0.05) is 12.8 Å². The van der Waals surface area contributed by atoms with Crippen LogP contribution in [-0.4, -0.2) is 17.6 Å². The van der Waals surface area contributed by atoms with E-state index in [1.165, 1.54) is 17.7 Å². The van der Waals surface area contributed by atoms with Crippen LogP contribution in [-0.2, 0) is 10.2 Å². The smallest absolute Gasteiger partial charge is 0.244 e. The van der Waals surface area contributed by atoms with E-state index in [1.807, 2.05) is 29.0 Å². The van der Waals surface area contributed by atoms with E-state index in [0.29, 0.717) is 6.54 Å². The van der Waals surface area contributed by atoms with Crippen LogP contribution in [0.1, 0.15) is 54.0 Å². The molecule has 1 fully saturated rings. The van der Waals surface area contributed by atoms with E-state index in [2.05, 4.69) is 11.4 Å². The lowest BCUT2D eigenvalue weighted by Crippen LogP contribution is -2.37. The highest BCUT2D eigenvalue weighted by molar-refractivity contribution is 7.12. The molecule has 0 unspecified atom stereocenters. The number of amides is 1. The summed E-state index contributed by atoms with van der Waals surface area (Å²) in [6, 6.07) is 6.14. The predicted octanol–water partition coefficient (Wildman–Crippen LogP) is 4.50. The van der Waals surface area contributed by atoms with E-state index >= 15 is 0 Å². The van der Waals surface area contributed by atoms with E-state index in [-0.39, 0.29) is 11.3 Å². The molecule has 1 saturated carbocycles. The van der Waals surface area contributed by atoms with Gasteiger partial charge in [-0.2, -0.15) is 11.3 Å². The zero-order valence-corrected chi connectivity index (χ0v) is 15.5. The lowest BCUT2D eigenvalue weighted by Gasteiger charge is -2.28. The summed E-state index contributed by atoms with van der Waals surface area (Å²) in [6.07, 6.45) is 7.63. The van der Waals surface area contributed by atoms with Crippen LogP contribution in [0.25, 0.3) is 6.08 Å². The van der Waals surface area contributed by atoms with Crippen LogP contribution in [0.2, 0.25) is 0 Å². The van der Waals surface area contributed by atoms with Crippen molar-refractivity contribution >= 4 is 34.7 Å². The summed E-state index contributed by atoms with van der Waals surface area (Å²) in [4.78, 5) is 14.4. The molecule has 128 valence electrons. The van der Waals surface area contributed by atoms with Crippen molar-refractivity contribution in [2.24, 2.45) is 0 Å². The number of aliphatic hydroxyl groups is 1. The van der Waals surface area contributed by atoms with Crippen LogP contribution in [0.15, 0.2) is 35.0 Å². The average molecular weight is 362 g/mol. The Balaban J connectivity index is 1.66. The Morgan fingerprint density at radius 1 is 1.38 bits per heavy atom. The highest BCUT2D eigenvalue weighted by Crippen LogP contribution is 2.44. The van der Waals surface area contributed by atoms with E-state index in [4.69, 9.17) is 0 Å². The molecule has 1 aliphatic rings. The first kappa shape index (κ1) is 17.4. The number of hydrogen-bond donors (Lipinski definition) is 2. The topological polar surface area (TPSA) is 49.3 Å². The summed E-state index contributed by atoms with van der Waals surface area (Å²) >= 11 is 3.31. The van der Waals surface area contributed by atoms with Gasteiger partial charge in [0, 0.05) is 27.8 Å². The fourth-order valence-corrected chi connectivity index (χ4v) is 5.10. The second kappa shape index (κ2) is 7.64. The number of rotatable bonds is 6. The summed E-state index contributed by atoms with van der Waals surface area (Å²) in [7, 11) is 0. The summed E-state index contributed by atoms with van der Waals surface area (Å²) in [5.41, 5.74) is 1.09. The van der Waals surface area contributed by atoms with Gasteiger partial charge in [-0.05, 0) is 60.4 Å². The molecule has 0 bridgehead atoms. The maximum absolute atomic E-state index is 12.2. The fourth-order valence-electron chi connectivity index (χ4n) is 3.28. The Kier molecular flexibility index (Phi) is 5.54. The van der Waals surface area contributed by atoms with Crippen molar-refractivity contribution in [2.45, 2.75) is 44.1 Å². The monoisotopic (exact) mass is 361 g/mol. The Hall–Kier alpha value is -1.43. The molecular formula is C19H23NO2S2. The molecule has 3 nitrogen and oxygen atoms in total. The number of nitrogens with one attached hydrogen (secondary N) is 1. The van der Waals surface area contributed by atoms with Crippen molar-refractivity contribution in [1.82, 2.24) is 5.32 Å². The highest BCUT2D eigenvalue weighted by atomic mass is 32.1. The third kappa shape index (κ3) is 3.97. The molecule has 1 atom stereocenters. The number of hydrogen-bond acceptors (Lipinski definition) is 4. The molecule has 3 rings (SSSR count). The van der Waals surface area contributed by atoms with Crippen molar-refractivity contribution in [3.05, 3.63) is 50.4 Å². The van der Waals surface area contributed by atoms with Crippen molar-refractivity contribution in [3.63, 3.8) is 0 Å². The zero-order chi connectivity index (χ0) is 17.0. The molecule has 0 radical (unpaired) electrons. The Morgan fingerprint density at radius 2 is 2.17 bits per heavy atom. The standard InChI is InChI=1S/C19H23NO2S2/c1-14(21)16-5-6-17(24-16)19(9-2-3-10-19)13-20-18(22)7-4-15-8-11-23-12-15/h4-8,11-12,14,21H,2-3,9-10,13H2,1H3,(H,20,22)/b7-4+/t14-/m1/s1. The van der Waals surface area contributed by atoms with E-state index in [9.17, 15) is 9.90 Å². The van der Waals surface area contributed by atoms with Crippen LogP contribution in [0.4, 0.5) is 0 Å². The van der Waals surface area contributed by atoms with Gasteiger partial charge in [0.25, 0.3) is 0 Å². The van der Waals surface area contributed by atoms with Gasteiger partial charge in [-0.25, -0.2) is 0 Å². The minimum atomic E-state index is -0.426. The van der Waals surface area contributed by atoms with E-state index in [0.717, 1.165) is 23.3 Å². The van der Waals surface area contributed by atoms with Crippen LogP contribution in [0.3, 0.4) is 0 Å². The third-order valence-electron chi connectivity index (χ3n) is 4.69. The van der Waals surface area contributed by atoms with Gasteiger partial charge in [-0.15, -0.1) is 11.3 Å². The fraction of sp³-hybridized carbons (Fsp3) is 0.421. The Morgan fingerprint density at radius 3 is 2.79 bits per heavy atom. The molecule has 2 aromatic rings. The highest BCUT2D eigenvalue weighted by Gasteiger charge is 2.37. The quantitative estimate of drug-likeness (QED) is 0.744. The van der Waals surface area contributed by atoms with Gasteiger partial charge in [0.1, 0.15) is 0 Å². The normalized spacial score (nSPS) is 18.1. The number of thiophene rings is 2. The summed E-state index contributed by atoms with van der Waals surface area (Å²) in [5, 5.41) is 16.9. The van der Waals surface area contributed by atoms with Gasteiger partial charge in [0.05, 0.1) is 6.10 Å². The molecule has 5 heteroatoms. The van der Waals surface area contributed by atoms with Gasteiger partial charge in [-0.3, -0.25) is 4.79 Å². The first-order chi connectivity index (χ1) is 11.6. The van der Waals surface area contributed by atoms with Gasteiger partial charge < -0.3 is 10.4 Å². The van der Waals surface area contributed by atoms with Crippen LogP contribution < -0.4 is 5.32 Å². The Labute approximate surface area is 151 Å². The number of carbonyl (C=O) groups is 1. The summed E-state index contributed by atoms with van der Waals surface area (Å²) in [5.74, 6) is -0.0419. The van der Waals surface area contributed by atoms with Crippen molar-refractivity contribution in [2.75, 3.05) is 6.54 Å². The van der Waals surface area contributed by atoms with E-state index < -0.39 is 6.10 Å². The molecule has 0 aromatic carbocycles. The first-order valence-corrected chi connectivity index (χ1v) is 10.1. The van der Waals surface area contributed by atoms with Crippen LogP contribution in [0.5, 0.6) is 0 Å². The molecule has 1 amide bonds. The third-order valence-corrected chi connectivity index (χ3v) is 6.90. The number of aliphatic hydroxyl groups excluding tert-OH is 1. The van der Waals surface area contributed by atoms with Crippen LogP contribution >= 0.6 is 22.7 Å². The Bertz CT molecular complexity index is 695. The van der Waals surface area contributed by atoms with Crippen LogP contribution in [0, 0.1) is 0 Å². The van der Waals surface area contributed by atoms with Crippen molar-refractivity contribution < 1.29 is 9.90 Å².